The molecule has 0 aliphatic carbocycles. The molecule has 0 radical (unpaired) electrons. The molecule has 10 heteroatoms. The first-order chi connectivity index (χ1) is 13.4. The van der Waals surface area contributed by atoms with Crippen LogP contribution in [0.1, 0.15) is 26.2 Å². The molecule has 1 aromatic rings. The number of hydrogen-bond acceptors (Lipinski definition) is 7. The maximum atomic E-state index is 12.1. The van der Waals surface area contributed by atoms with Crippen LogP contribution in [0, 0.1) is 16.0 Å². The van der Waals surface area contributed by atoms with E-state index in [-0.39, 0.29) is 11.6 Å². The third kappa shape index (κ3) is 5.93. The highest BCUT2D eigenvalue weighted by atomic mass is 16.6. The summed E-state index contributed by atoms with van der Waals surface area (Å²) in [7, 11) is 0. The van der Waals surface area contributed by atoms with E-state index in [1.165, 1.54) is 6.07 Å². The van der Waals surface area contributed by atoms with Gasteiger partial charge in [0.25, 0.3) is 11.6 Å². The molecule has 0 atom stereocenters. The predicted octanol–water partition coefficient (Wildman–Crippen LogP) is 1.59. The number of benzene rings is 1. The number of nitrogens with zero attached hydrogens (tertiary/aromatic N) is 2. The van der Waals surface area contributed by atoms with E-state index in [9.17, 15) is 24.5 Å². The van der Waals surface area contributed by atoms with Gasteiger partial charge in [-0.2, -0.15) is 0 Å². The van der Waals surface area contributed by atoms with Crippen molar-refractivity contribution in [3.8, 4) is 0 Å². The topological polar surface area (TPSA) is 131 Å². The number of nitrogens with one attached hydrogen (secondary N) is 2. The lowest BCUT2D eigenvalue weighted by Crippen LogP contribution is -2.42. The minimum atomic E-state index is -0.695. The molecular weight excluding hydrogens is 368 g/mol. The van der Waals surface area contributed by atoms with Crippen molar-refractivity contribution in [1.29, 1.82) is 0 Å². The number of carbonyl (C=O) groups excluding carboxylic acids is 3. The van der Waals surface area contributed by atoms with Crippen LogP contribution in [0.2, 0.25) is 0 Å². The summed E-state index contributed by atoms with van der Waals surface area (Å²) in [6.07, 6.45) is 1.66. The lowest BCUT2D eigenvalue weighted by atomic mass is 9.96. The maximum Gasteiger partial charge on any atom is 0.321 e. The van der Waals surface area contributed by atoms with Crippen molar-refractivity contribution in [2.24, 2.45) is 5.92 Å². The molecule has 1 aliphatic heterocycles. The number of urea groups is 1. The smallest absolute Gasteiger partial charge is 0.321 e. The third-order valence-electron chi connectivity index (χ3n) is 4.38. The summed E-state index contributed by atoms with van der Waals surface area (Å²) in [5.41, 5.74) is 0.554. The van der Waals surface area contributed by atoms with Crippen LogP contribution >= 0.6 is 0 Å². The zero-order valence-corrected chi connectivity index (χ0v) is 15.7. The number of para-hydroxylation sites is 2. The molecule has 0 bridgehead atoms. The Morgan fingerprint density at radius 2 is 1.93 bits per heavy atom. The van der Waals surface area contributed by atoms with E-state index < -0.39 is 29.4 Å². The highest BCUT2D eigenvalue weighted by Gasteiger charge is 2.29. The van der Waals surface area contributed by atoms with Crippen LogP contribution in [0.4, 0.5) is 16.2 Å². The second kappa shape index (κ2) is 10.2. The Bertz CT molecular complexity index is 731. The van der Waals surface area contributed by atoms with Gasteiger partial charge in [-0.3, -0.25) is 25.0 Å². The molecule has 2 N–H and O–H groups in total. The van der Waals surface area contributed by atoms with Gasteiger partial charge in [-0.25, -0.2) is 4.79 Å². The predicted molar refractivity (Wildman–Crippen MR) is 101 cm³/mol. The molecular formula is C18H24N4O6. The van der Waals surface area contributed by atoms with Gasteiger partial charge in [0, 0.05) is 25.7 Å². The van der Waals surface area contributed by atoms with E-state index in [4.69, 9.17) is 4.74 Å². The SMILES string of the molecule is CCCNC(=O)NC(=O)COC(=O)C1CCN(c2ccccc2[N+](=O)[O-])CC1. The first-order valence-electron chi connectivity index (χ1n) is 9.15. The van der Waals surface area contributed by atoms with E-state index in [0.717, 1.165) is 6.42 Å². The largest absolute Gasteiger partial charge is 0.455 e. The van der Waals surface area contributed by atoms with Crippen molar-refractivity contribution in [3.63, 3.8) is 0 Å². The van der Waals surface area contributed by atoms with Gasteiger partial charge in [0.15, 0.2) is 6.61 Å². The van der Waals surface area contributed by atoms with Gasteiger partial charge in [0.05, 0.1) is 10.8 Å². The lowest BCUT2D eigenvalue weighted by molar-refractivity contribution is -0.384. The first kappa shape index (κ1) is 21.1. The van der Waals surface area contributed by atoms with E-state index >= 15 is 0 Å². The molecule has 10 nitrogen and oxygen atoms in total. The molecule has 0 aromatic heterocycles. The number of ether oxygens (including phenoxy) is 1. The van der Waals surface area contributed by atoms with E-state index in [1.807, 2.05) is 11.8 Å². The number of piperidine rings is 1. The summed E-state index contributed by atoms with van der Waals surface area (Å²) in [4.78, 5) is 47.7. The molecule has 1 aromatic carbocycles. The van der Waals surface area contributed by atoms with Crippen molar-refractivity contribution >= 4 is 29.3 Å². The molecule has 1 fully saturated rings. The lowest BCUT2D eigenvalue weighted by Gasteiger charge is -2.32. The average Bonchev–Trinajstić information content (AvgIpc) is 2.70. The van der Waals surface area contributed by atoms with Gasteiger partial charge in [0.2, 0.25) is 0 Å². The third-order valence-corrected chi connectivity index (χ3v) is 4.38. The number of amides is 3. The Kier molecular flexibility index (Phi) is 7.73. The van der Waals surface area contributed by atoms with Crippen molar-refractivity contribution in [1.82, 2.24) is 10.6 Å². The highest BCUT2D eigenvalue weighted by Crippen LogP contribution is 2.31. The first-order valence-corrected chi connectivity index (χ1v) is 9.15. The Labute approximate surface area is 162 Å². The summed E-state index contributed by atoms with van der Waals surface area (Å²) < 4.78 is 4.99. The summed E-state index contributed by atoms with van der Waals surface area (Å²) in [6, 6.07) is 5.85. The van der Waals surface area contributed by atoms with Crippen LogP contribution in [-0.2, 0) is 14.3 Å². The minimum Gasteiger partial charge on any atom is -0.455 e. The van der Waals surface area contributed by atoms with Gasteiger partial charge in [-0.15, -0.1) is 0 Å². The van der Waals surface area contributed by atoms with Gasteiger partial charge >= 0.3 is 12.0 Å². The monoisotopic (exact) mass is 392 g/mol. The molecule has 28 heavy (non-hydrogen) atoms. The normalized spacial score (nSPS) is 14.2. The summed E-state index contributed by atoms with van der Waals surface area (Å²) in [5, 5.41) is 15.7. The van der Waals surface area contributed by atoms with Crippen molar-refractivity contribution in [3.05, 3.63) is 34.4 Å². The number of hydrogen-bond donors (Lipinski definition) is 2. The van der Waals surface area contributed by atoms with Crippen LogP contribution in [0.15, 0.2) is 24.3 Å². The second-order valence-electron chi connectivity index (χ2n) is 6.42. The molecule has 152 valence electrons. The number of anilines is 1. The summed E-state index contributed by atoms with van der Waals surface area (Å²) in [6.45, 7) is 2.73. The molecule has 1 aliphatic rings. The number of esters is 1. The highest BCUT2D eigenvalue weighted by molar-refractivity contribution is 5.95. The maximum absolute atomic E-state index is 12.1. The number of rotatable bonds is 7. The molecule has 1 saturated heterocycles. The number of nitro benzene ring substituents is 1. The number of imide groups is 1. The Morgan fingerprint density at radius 3 is 2.57 bits per heavy atom. The summed E-state index contributed by atoms with van der Waals surface area (Å²) >= 11 is 0. The molecule has 1 heterocycles. The van der Waals surface area contributed by atoms with Crippen LogP contribution in [0.5, 0.6) is 0 Å². The zero-order valence-electron chi connectivity index (χ0n) is 15.7. The van der Waals surface area contributed by atoms with Crippen molar-refractivity contribution < 1.29 is 24.0 Å². The van der Waals surface area contributed by atoms with Gasteiger partial charge in [-0.1, -0.05) is 19.1 Å². The second-order valence-corrected chi connectivity index (χ2v) is 6.42. The van der Waals surface area contributed by atoms with Gasteiger partial charge < -0.3 is 15.0 Å². The molecule has 2 rings (SSSR count). The van der Waals surface area contributed by atoms with Crippen LogP contribution in [-0.4, -0.2) is 49.1 Å². The zero-order chi connectivity index (χ0) is 20.5. The van der Waals surface area contributed by atoms with E-state index in [2.05, 4.69) is 10.6 Å². The fraction of sp³-hybridized carbons (Fsp3) is 0.500. The Morgan fingerprint density at radius 1 is 1.25 bits per heavy atom. The average molecular weight is 392 g/mol. The van der Waals surface area contributed by atoms with Gasteiger partial charge in [0.1, 0.15) is 5.69 Å². The molecule has 0 unspecified atom stereocenters. The van der Waals surface area contributed by atoms with Crippen molar-refractivity contribution in [2.75, 3.05) is 31.1 Å². The minimum absolute atomic E-state index is 0.0292. The van der Waals surface area contributed by atoms with Gasteiger partial charge in [-0.05, 0) is 25.3 Å². The number of nitro groups is 1. The van der Waals surface area contributed by atoms with E-state index in [0.29, 0.717) is 38.2 Å². The standard InChI is InChI=1S/C18H24N4O6/c1-2-9-19-18(25)20-16(23)12-28-17(24)13-7-10-21(11-8-13)14-5-3-4-6-15(14)22(26)27/h3-6,13H,2,7-12H2,1H3,(H2,19,20,23,25). The molecule has 0 saturated carbocycles. The molecule has 0 spiro atoms. The van der Waals surface area contributed by atoms with Crippen molar-refractivity contribution in [2.45, 2.75) is 26.2 Å². The fourth-order valence-corrected chi connectivity index (χ4v) is 2.94. The summed E-state index contributed by atoms with van der Waals surface area (Å²) in [5.74, 6) is -1.59. The Hall–Kier alpha value is -3.17. The molecule has 3 amide bonds. The van der Waals surface area contributed by atoms with Crippen LogP contribution < -0.4 is 15.5 Å². The van der Waals surface area contributed by atoms with E-state index in [1.54, 1.807) is 18.2 Å². The fourth-order valence-electron chi connectivity index (χ4n) is 2.94. The van der Waals surface area contributed by atoms with Crippen LogP contribution in [0.25, 0.3) is 0 Å². The Balaban J connectivity index is 1.79. The van der Waals surface area contributed by atoms with Crippen LogP contribution in [0.3, 0.4) is 0 Å². The number of carbonyl (C=O) groups is 3. The quantitative estimate of drug-likeness (QED) is 0.409.